The molecule has 4 rings (SSSR count). The van der Waals surface area contributed by atoms with Gasteiger partial charge in [-0.15, -0.1) is 5.10 Å². The number of halogens is 1. The van der Waals surface area contributed by atoms with Gasteiger partial charge in [0.25, 0.3) is 5.56 Å². The number of hydrogen-bond acceptors (Lipinski definition) is 6. The van der Waals surface area contributed by atoms with Crippen molar-refractivity contribution in [1.29, 1.82) is 0 Å². The van der Waals surface area contributed by atoms with Crippen LogP contribution in [0, 0.1) is 0 Å². The second kappa shape index (κ2) is 3.54. The Hall–Kier alpha value is -1.48. The van der Waals surface area contributed by atoms with Gasteiger partial charge in [-0.25, -0.2) is 4.68 Å². The standard InChI is InChI=1S/C10H9ClN4O4/c11-3-1-4-8-14(13-12-4)2-5-6(16)7(17)10(19-5)15(8)9(3)18/h1,5-7,10,16-17H,2H2/t5-,6-,7-,10-/m1/s1. The first-order valence-corrected chi connectivity index (χ1v) is 6.11. The van der Waals surface area contributed by atoms with Gasteiger partial charge in [-0.2, -0.15) is 0 Å². The van der Waals surface area contributed by atoms with Crippen LogP contribution in [0.4, 0.5) is 0 Å². The molecule has 2 aliphatic heterocycles. The van der Waals surface area contributed by atoms with E-state index in [1.54, 1.807) is 0 Å². The molecule has 0 unspecified atom stereocenters. The summed E-state index contributed by atoms with van der Waals surface area (Å²) in [6.45, 7) is 0.215. The van der Waals surface area contributed by atoms with E-state index in [0.29, 0.717) is 11.2 Å². The van der Waals surface area contributed by atoms with Crippen LogP contribution in [-0.4, -0.2) is 48.1 Å². The normalized spacial score (nSPS) is 32.8. The number of pyridine rings is 1. The summed E-state index contributed by atoms with van der Waals surface area (Å²) in [5, 5.41) is 27.7. The van der Waals surface area contributed by atoms with Crippen molar-refractivity contribution in [3.8, 4) is 0 Å². The highest BCUT2D eigenvalue weighted by Crippen LogP contribution is 2.34. The van der Waals surface area contributed by atoms with Crippen LogP contribution in [-0.2, 0) is 11.3 Å². The minimum Gasteiger partial charge on any atom is -0.387 e. The third-order valence-electron chi connectivity index (χ3n) is 3.59. The summed E-state index contributed by atoms with van der Waals surface area (Å²) < 4.78 is 8.22. The Labute approximate surface area is 110 Å². The van der Waals surface area contributed by atoms with Gasteiger partial charge in [0.2, 0.25) is 0 Å². The second-order valence-electron chi connectivity index (χ2n) is 4.69. The molecular formula is C10H9ClN4O4. The molecule has 19 heavy (non-hydrogen) atoms. The largest absolute Gasteiger partial charge is 0.387 e. The molecule has 2 aromatic rings. The number of hydrogen-bond donors (Lipinski definition) is 2. The molecule has 0 spiro atoms. The SMILES string of the molecule is O=c1c(Cl)cc2nnn3c2n1[C@@H]1O[C@H](C3)[C@@H](O)[C@H]1O. The first kappa shape index (κ1) is 11.4. The number of rotatable bonds is 0. The number of nitrogens with zero attached hydrogens (tertiary/aromatic N) is 4. The van der Waals surface area contributed by atoms with Gasteiger partial charge in [-0.1, -0.05) is 16.8 Å². The van der Waals surface area contributed by atoms with Gasteiger partial charge in [0.05, 0.1) is 6.54 Å². The second-order valence-corrected chi connectivity index (χ2v) is 5.10. The number of ether oxygens (including phenoxy) is 1. The van der Waals surface area contributed by atoms with E-state index in [-0.39, 0.29) is 11.6 Å². The van der Waals surface area contributed by atoms with Gasteiger partial charge >= 0.3 is 0 Å². The zero-order valence-corrected chi connectivity index (χ0v) is 10.2. The Balaban J connectivity index is 2.12. The van der Waals surface area contributed by atoms with E-state index in [2.05, 4.69) is 10.3 Å². The Bertz CT molecular complexity index is 741. The fourth-order valence-corrected chi connectivity index (χ4v) is 2.87. The smallest absolute Gasteiger partial charge is 0.273 e. The molecule has 1 saturated heterocycles. The summed E-state index contributed by atoms with van der Waals surface area (Å²) >= 11 is 5.87. The summed E-state index contributed by atoms with van der Waals surface area (Å²) in [4.78, 5) is 12.2. The summed E-state index contributed by atoms with van der Waals surface area (Å²) in [6, 6.07) is 1.43. The molecule has 2 aliphatic rings. The van der Waals surface area contributed by atoms with Crippen molar-refractivity contribution in [3.63, 3.8) is 0 Å². The molecule has 1 fully saturated rings. The molecule has 4 atom stereocenters. The van der Waals surface area contributed by atoms with Gasteiger partial charge < -0.3 is 14.9 Å². The molecule has 8 nitrogen and oxygen atoms in total. The quantitative estimate of drug-likeness (QED) is 0.635. The molecule has 2 bridgehead atoms. The van der Waals surface area contributed by atoms with Crippen LogP contribution in [0.1, 0.15) is 6.23 Å². The van der Waals surface area contributed by atoms with Crippen molar-refractivity contribution in [2.75, 3.05) is 0 Å². The van der Waals surface area contributed by atoms with E-state index in [0.717, 1.165) is 0 Å². The number of fused-ring (bicyclic) bond motifs is 3. The Morgan fingerprint density at radius 3 is 3.00 bits per heavy atom. The highest BCUT2D eigenvalue weighted by Gasteiger charge is 2.47. The van der Waals surface area contributed by atoms with Gasteiger partial charge in [-0.3, -0.25) is 9.36 Å². The molecule has 0 saturated carbocycles. The summed E-state index contributed by atoms with van der Waals surface area (Å²) in [5.74, 6) is 0. The minimum absolute atomic E-state index is 0.0322. The maximum atomic E-state index is 12.2. The van der Waals surface area contributed by atoms with Crippen LogP contribution in [0.25, 0.3) is 11.2 Å². The molecule has 0 amide bonds. The molecule has 0 radical (unpaired) electrons. The maximum Gasteiger partial charge on any atom is 0.273 e. The molecule has 2 N–H and O–H groups in total. The Morgan fingerprint density at radius 2 is 2.21 bits per heavy atom. The van der Waals surface area contributed by atoms with Gasteiger partial charge in [0, 0.05) is 0 Å². The van der Waals surface area contributed by atoms with Crippen molar-refractivity contribution in [3.05, 3.63) is 21.4 Å². The predicted octanol–water partition coefficient (Wildman–Crippen LogP) is -1.12. The molecule has 2 aromatic heterocycles. The summed E-state index contributed by atoms with van der Waals surface area (Å²) in [7, 11) is 0. The van der Waals surface area contributed by atoms with Gasteiger partial charge in [-0.05, 0) is 6.07 Å². The molecule has 0 aliphatic carbocycles. The molecule has 0 aromatic carbocycles. The first-order valence-electron chi connectivity index (χ1n) is 5.74. The summed E-state index contributed by atoms with van der Waals surface area (Å²) in [6.07, 6.45) is -3.88. The van der Waals surface area contributed by atoms with Crippen LogP contribution in [0.3, 0.4) is 0 Å². The van der Waals surface area contributed by atoms with Crippen molar-refractivity contribution < 1.29 is 14.9 Å². The van der Waals surface area contributed by atoms with E-state index < -0.39 is 30.1 Å². The Kier molecular flexibility index (Phi) is 2.12. The van der Waals surface area contributed by atoms with Crippen molar-refractivity contribution in [1.82, 2.24) is 19.6 Å². The Morgan fingerprint density at radius 1 is 1.42 bits per heavy atom. The van der Waals surface area contributed by atoms with Crippen molar-refractivity contribution >= 4 is 22.8 Å². The lowest BCUT2D eigenvalue weighted by Crippen LogP contribution is -2.38. The minimum atomic E-state index is -1.19. The third kappa shape index (κ3) is 1.31. The molecular weight excluding hydrogens is 276 g/mol. The average Bonchev–Trinajstić information content (AvgIpc) is 2.82. The first-order chi connectivity index (χ1) is 9.08. The van der Waals surface area contributed by atoms with Gasteiger partial charge in [0.1, 0.15) is 28.9 Å². The zero-order chi connectivity index (χ0) is 13.3. The zero-order valence-electron chi connectivity index (χ0n) is 9.47. The highest BCUT2D eigenvalue weighted by atomic mass is 35.5. The van der Waals surface area contributed by atoms with E-state index >= 15 is 0 Å². The predicted molar refractivity (Wildman–Crippen MR) is 62.7 cm³/mol. The molecule has 9 heteroatoms. The molecule has 4 heterocycles. The number of aromatic nitrogens is 4. The third-order valence-corrected chi connectivity index (χ3v) is 3.86. The highest BCUT2D eigenvalue weighted by molar-refractivity contribution is 6.30. The van der Waals surface area contributed by atoms with E-state index in [4.69, 9.17) is 16.3 Å². The fraction of sp³-hybridized carbons (Fsp3) is 0.500. The van der Waals surface area contributed by atoms with Crippen LogP contribution >= 0.6 is 11.6 Å². The van der Waals surface area contributed by atoms with Crippen LogP contribution in [0.2, 0.25) is 5.02 Å². The van der Waals surface area contributed by atoms with Crippen molar-refractivity contribution in [2.24, 2.45) is 0 Å². The lowest BCUT2D eigenvalue weighted by molar-refractivity contribution is -0.0351. The number of aliphatic hydroxyl groups is 2. The average molecular weight is 285 g/mol. The van der Waals surface area contributed by atoms with Crippen LogP contribution < -0.4 is 5.56 Å². The maximum absolute atomic E-state index is 12.2. The summed E-state index contributed by atoms with van der Waals surface area (Å²) in [5.41, 5.74) is 0.381. The monoisotopic (exact) mass is 284 g/mol. The lowest BCUT2D eigenvalue weighted by Gasteiger charge is -2.19. The number of aliphatic hydroxyl groups excluding tert-OH is 2. The van der Waals surface area contributed by atoms with Crippen LogP contribution in [0.5, 0.6) is 0 Å². The topological polar surface area (TPSA) is 102 Å². The lowest BCUT2D eigenvalue weighted by atomic mass is 10.1. The van der Waals surface area contributed by atoms with E-state index in [1.165, 1.54) is 15.3 Å². The van der Waals surface area contributed by atoms with E-state index in [9.17, 15) is 15.0 Å². The van der Waals surface area contributed by atoms with E-state index in [1.807, 2.05) is 0 Å². The van der Waals surface area contributed by atoms with Crippen molar-refractivity contribution in [2.45, 2.75) is 31.1 Å². The van der Waals surface area contributed by atoms with Crippen LogP contribution in [0.15, 0.2) is 10.9 Å². The van der Waals surface area contributed by atoms with Gasteiger partial charge in [0.15, 0.2) is 11.9 Å². The molecule has 100 valence electrons. The fourth-order valence-electron chi connectivity index (χ4n) is 2.68.